The standard InChI is InChI=1S/C10H14O2/c1-7(11)6-8-2-3-10(4-5-10)9(8)12/h8H,2-6H2,1H3. The van der Waals surface area contributed by atoms with Gasteiger partial charge in [-0.15, -0.1) is 0 Å². The Morgan fingerprint density at radius 2 is 2.17 bits per heavy atom. The minimum Gasteiger partial charge on any atom is -0.300 e. The molecule has 0 radical (unpaired) electrons. The number of hydrogen-bond donors (Lipinski definition) is 0. The fourth-order valence-electron chi connectivity index (χ4n) is 2.33. The highest BCUT2D eigenvalue weighted by atomic mass is 16.1. The molecule has 12 heavy (non-hydrogen) atoms. The van der Waals surface area contributed by atoms with Crippen LogP contribution in [0.15, 0.2) is 0 Å². The maximum absolute atomic E-state index is 11.7. The summed E-state index contributed by atoms with van der Waals surface area (Å²) in [5.41, 5.74) is 0.0696. The molecule has 0 heterocycles. The smallest absolute Gasteiger partial charge is 0.142 e. The van der Waals surface area contributed by atoms with E-state index in [2.05, 4.69) is 0 Å². The monoisotopic (exact) mass is 166 g/mol. The van der Waals surface area contributed by atoms with E-state index in [1.807, 2.05) is 0 Å². The van der Waals surface area contributed by atoms with Crippen molar-refractivity contribution >= 4 is 11.6 Å². The minimum atomic E-state index is 0.0696. The summed E-state index contributed by atoms with van der Waals surface area (Å²) in [5.74, 6) is 0.619. The van der Waals surface area contributed by atoms with Crippen LogP contribution >= 0.6 is 0 Å². The van der Waals surface area contributed by atoms with Gasteiger partial charge in [-0.2, -0.15) is 0 Å². The first-order valence-electron chi connectivity index (χ1n) is 4.68. The molecule has 0 bridgehead atoms. The highest BCUT2D eigenvalue weighted by molar-refractivity contribution is 5.94. The topological polar surface area (TPSA) is 34.1 Å². The van der Waals surface area contributed by atoms with Crippen LogP contribution in [0.3, 0.4) is 0 Å². The maximum Gasteiger partial charge on any atom is 0.142 e. The average molecular weight is 166 g/mol. The van der Waals surface area contributed by atoms with E-state index in [9.17, 15) is 9.59 Å². The Labute approximate surface area is 72.3 Å². The van der Waals surface area contributed by atoms with Crippen molar-refractivity contribution in [3.8, 4) is 0 Å². The molecule has 0 aromatic rings. The first-order valence-corrected chi connectivity index (χ1v) is 4.68. The average Bonchev–Trinajstić information content (AvgIpc) is 2.71. The number of hydrogen-bond acceptors (Lipinski definition) is 2. The quantitative estimate of drug-likeness (QED) is 0.626. The summed E-state index contributed by atoms with van der Waals surface area (Å²) in [6, 6.07) is 0. The summed E-state index contributed by atoms with van der Waals surface area (Å²) < 4.78 is 0. The van der Waals surface area contributed by atoms with Gasteiger partial charge < -0.3 is 4.79 Å². The zero-order valence-corrected chi connectivity index (χ0v) is 7.43. The highest BCUT2D eigenvalue weighted by Gasteiger charge is 2.55. The number of Topliss-reactive ketones (excluding diaryl/α,β-unsaturated/α-hetero) is 2. The molecule has 0 aromatic heterocycles. The van der Waals surface area contributed by atoms with Gasteiger partial charge in [0.25, 0.3) is 0 Å². The van der Waals surface area contributed by atoms with Crippen molar-refractivity contribution in [2.45, 2.75) is 39.0 Å². The Hall–Kier alpha value is -0.660. The summed E-state index contributed by atoms with van der Waals surface area (Å²) in [6.07, 6.45) is 4.66. The van der Waals surface area contributed by atoms with E-state index in [1.165, 1.54) is 0 Å². The van der Waals surface area contributed by atoms with E-state index in [0.29, 0.717) is 12.2 Å². The number of carbonyl (C=O) groups is 2. The Morgan fingerprint density at radius 3 is 2.58 bits per heavy atom. The SMILES string of the molecule is CC(=O)CC1CCC2(CC2)C1=O. The van der Waals surface area contributed by atoms with Gasteiger partial charge in [-0.1, -0.05) is 0 Å². The first-order chi connectivity index (χ1) is 5.64. The molecule has 0 N–H and O–H groups in total. The lowest BCUT2D eigenvalue weighted by Gasteiger charge is -2.05. The van der Waals surface area contributed by atoms with Crippen LogP contribution in [0.2, 0.25) is 0 Å². The molecule has 2 nitrogen and oxygen atoms in total. The predicted molar refractivity (Wildman–Crippen MR) is 44.7 cm³/mol. The van der Waals surface area contributed by atoms with Gasteiger partial charge in [0.05, 0.1) is 0 Å². The number of carbonyl (C=O) groups excluding carboxylic acids is 2. The van der Waals surface area contributed by atoms with E-state index < -0.39 is 0 Å². The zero-order chi connectivity index (χ0) is 8.77. The normalized spacial score (nSPS) is 31.1. The van der Waals surface area contributed by atoms with Crippen LogP contribution in [-0.2, 0) is 9.59 Å². The first kappa shape index (κ1) is 7.96. The van der Waals surface area contributed by atoms with Gasteiger partial charge >= 0.3 is 0 Å². The Balaban J connectivity index is 2.02. The lowest BCUT2D eigenvalue weighted by atomic mass is 9.97. The summed E-state index contributed by atoms with van der Waals surface area (Å²) >= 11 is 0. The molecular formula is C10H14O2. The molecule has 1 atom stereocenters. The molecule has 0 aromatic carbocycles. The van der Waals surface area contributed by atoms with Crippen molar-refractivity contribution in [2.24, 2.45) is 11.3 Å². The second-order valence-corrected chi connectivity index (χ2v) is 4.29. The fraction of sp³-hybridized carbons (Fsp3) is 0.800. The molecule has 2 heteroatoms. The number of rotatable bonds is 2. The van der Waals surface area contributed by atoms with Crippen molar-refractivity contribution in [2.75, 3.05) is 0 Å². The van der Waals surface area contributed by atoms with E-state index in [1.54, 1.807) is 6.92 Å². The lowest BCUT2D eigenvalue weighted by Crippen LogP contribution is -2.16. The van der Waals surface area contributed by atoms with Gasteiger partial charge in [0, 0.05) is 17.8 Å². The zero-order valence-electron chi connectivity index (χ0n) is 7.43. The minimum absolute atomic E-state index is 0.0696. The third-order valence-electron chi connectivity index (χ3n) is 3.25. The molecule has 2 fully saturated rings. The summed E-state index contributed by atoms with van der Waals surface area (Å²) in [4.78, 5) is 22.5. The Morgan fingerprint density at radius 1 is 1.50 bits per heavy atom. The van der Waals surface area contributed by atoms with Crippen molar-refractivity contribution in [3.05, 3.63) is 0 Å². The molecule has 0 aliphatic heterocycles. The van der Waals surface area contributed by atoms with Gasteiger partial charge in [0.2, 0.25) is 0 Å². The van der Waals surface area contributed by atoms with Crippen LogP contribution in [0.4, 0.5) is 0 Å². The Bertz CT molecular complexity index is 238. The Kier molecular flexibility index (Phi) is 1.60. The molecule has 0 amide bonds. The summed E-state index contributed by atoms with van der Waals surface area (Å²) in [7, 11) is 0. The van der Waals surface area contributed by atoms with Crippen molar-refractivity contribution in [1.82, 2.24) is 0 Å². The second kappa shape index (κ2) is 2.41. The van der Waals surface area contributed by atoms with Crippen LogP contribution in [0, 0.1) is 11.3 Å². The second-order valence-electron chi connectivity index (χ2n) is 4.29. The van der Waals surface area contributed by atoms with Crippen molar-refractivity contribution in [1.29, 1.82) is 0 Å². The third kappa shape index (κ3) is 1.10. The van der Waals surface area contributed by atoms with Crippen LogP contribution in [0.1, 0.15) is 39.0 Å². The highest BCUT2D eigenvalue weighted by Crippen LogP contribution is 2.57. The molecule has 2 aliphatic carbocycles. The van der Waals surface area contributed by atoms with Crippen LogP contribution in [0.25, 0.3) is 0 Å². The largest absolute Gasteiger partial charge is 0.300 e. The van der Waals surface area contributed by atoms with Crippen LogP contribution < -0.4 is 0 Å². The molecule has 1 spiro atoms. The van der Waals surface area contributed by atoms with Gasteiger partial charge in [0.1, 0.15) is 11.6 Å². The van der Waals surface area contributed by atoms with Gasteiger partial charge in [-0.3, -0.25) is 4.79 Å². The third-order valence-corrected chi connectivity index (χ3v) is 3.25. The van der Waals surface area contributed by atoms with E-state index in [0.717, 1.165) is 25.7 Å². The fourth-order valence-corrected chi connectivity index (χ4v) is 2.33. The summed E-state index contributed by atoms with van der Waals surface area (Å²) in [6.45, 7) is 1.57. The molecule has 0 saturated heterocycles. The van der Waals surface area contributed by atoms with Gasteiger partial charge in [-0.05, 0) is 32.6 Å². The van der Waals surface area contributed by atoms with E-state index in [-0.39, 0.29) is 17.1 Å². The summed E-state index contributed by atoms with van der Waals surface area (Å²) in [5, 5.41) is 0. The molecular weight excluding hydrogens is 152 g/mol. The molecule has 2 saturated carbocycles. The molecule has 1 unspecified atom stereocenters. The van der Waals surface area contributed by atoms with Crippen LogP contribution in [0.5, 0.6) is 0 Å². The van der Waals surface area contributed by atoms with Crippen LogP contribution in [-0.4, -0.2) is 11.6 Å². The molecule has 66 valence electrons. The number of ketones is 2. The van der Waals surface area contributed by atoms with E-state index in [4.69, 9.17) is 0 Å². The lowest BCUT2D eigenvalue weighted by molar-refractivity contribution is -0.128. The van der Waals surface area contributed by atoms with Gasteiger partial charge in [-0.25, -0.2) is 0 Å². The van der Waals surface area contributed by atoms with E-state index >= 15 is 0 Å². The molecule has 2 rings (SSSR count). The molecule has 2 aliphatic rings. The maximum atomic E-state index is 11.7. The predicted octanol–water partition coefficient (Wildman–Crippen LogP) is 1.72. The van der Waals surface area contributed by atoms with Gasteiger partial charge in [0.15, 0.2) is 0 Å². The van der Waals surface area contributed by atoms with Crippen molar-refractivity contribution < 1.29 is 9.59 Å². The van der Waals surface area contributed by atoms with Crippen molar-refractivity contribution in [3.63, 3.8) is 0 Å².